The summed E-state index contributed by atoms with van der Waals surface area (Å²) in [5.74, 6) is 0.0116. The molecule has 0 spiro atoms. The van der Waals surface area contributed by atoms with Crippen molar-refractivity contribution in [2.45, 2.75) is 51.7 Å². The Morgan fingerprint density at radius 1 is 1.46 bits per heavy atom. The molecule has 0 aromatic heterocycles. The molecule has 13 heavy (non-hydrogen) atoms. The normalized spacial score (nSPS) is 28.9. The lowest BCUT2D eigenvalue weighted by Gasteiger charge is -2.28. The molecule has 0 aromatic rings. The lowest BCUT2D eigenvalue weighted by atomic mass is 9.99. The van der Waals surface area contributed by atoms with Crippen LogP contribution in [-0.4, -0.2) is 23.7 Å². The molecule has 1 fully saturated rings. The van der Waals surface area contributed by atoms with Crippen LogP contribution >= 0.6 is 0 Å². The monoisotopic (exact) mass is 185 g/mol. The maximum Gasteiger partial charge on any atom is 0.252 e. The van der Waals surface area contributed by atoms with Gasteiger partial charge in [-0.05, 0) is 40.5 Å². The summed E-state index contributed by atoms with van der Waals surface area (Å²) in [6.45, 7) is 8.49. The number of ether oxygens (including phenoxy) is 1. The number of rotatable bonds is 1. The van der Waals surface area contributed by atoms with E-state index in [-0.39, 0.29) is 11.4 Å². The van der Waals surface area contributed by atoms with Gasteiger partial charge in [-0.15, -0.1) is 0 Å². The fourth-order valence-corrected chi connectivity index (χ4v) is 1.43. The maximum atomic E-state index is 11.7. The van der Waals surface area contributed by atoms with Gasteiger partial charge in [-0.2, -0.15) is 0 Å². The fourth-order valence-electron chi connectivity index (χ4n) is 1.43. The topological polar surface area (TPSA) is 38.3 Å². The second-order valence-corrected chi connectivity index (χ2v) is 4.89. The number of hydrogen-bond acceptors (Lipinski definition) is 2. The SMILES string of the molecule is CC(C)(C)NC(=O)C1(C)CCCO1. The largest absolute Gasteiger partial charge is 0.365 e. The molecule has 1 aliphatic heterocycles. The van der Waals surface area contributed by atoms with Crippen molar-refractivity contribution in [3.05, 3.63) is 0 Å². The van der Waals surface area contributed by atoms with Crippen molar-refractivity contribution in [1.29, 1.82) is 0 Å². The quantitative estimate of drug-likeness (QED) is 0.672. The number of hydrogen-bond donors (Lipinski definition) is 1. The van der Waals surface area contributed by atoms with Gasteiger partial charge in [-0.25, -0.2) is 0 Å². The number of nitrogens with one attached hydrogen (secondary N) is 1. The van der Waals surface area contributed by atoms with E-state index in [1.165, 1.54) is 0 Å². The molecule has 1 unspecified atom stereocenters. The minimum Gasteiger partial charge on any atom is -0.365 e. The molecule has 0 saturated carbocycles. The van der Waals surface area contributed by atoms with Crippen LogP contribution in [0.2, 0.25) is 0 Å². The first-order valence-electron chi connectivity index (χ1n) is 4.80. The van der Waals surface area contributed by atoms with Crippen LogP contribution in [0.1, 0.15) is 40.5 Å². The van der Waals surface area contributed by atoms with Crippen LogP contribution in [0.5, 0.6) is 0 Å². The van der Waals surface area contributed by atoms with E-state index in [1.54, 1.807) is 0 Å². The van der Waals surface area contributed by atoms with Gasteiger partial charge in [0.2, 0.25) is 0 Å². The van der Waals surface area contributed by atoms with E-state index in [0.717, 1.165) is 12.8 Å². The summed E-state index contributed by atoms with van der Waals surface area (Å²) in [7, 11) is 0. The summed E-state index contributed by atoms with van der Waals surface area (Å²) in [6.07, 6.45) is 1.81. The summed E-state index contributed by atoms with van der Waals surface area (Å²) in [6, 6.07) is 0. The molecule has 0 radical (unpaired) electrons. The summed E-state index contributed by atoms with van der Waals surface area (Å²) >= 11 is 0. The smallest absolute Gasteiger partial charge is 0.252 e. The van der Waals surface area contributed by atoms with Gasteiger partial charge in [-0.1, -0.05) is 0 Å². The van der Waals surface area contributed by atoms with E-state index >= 15 is 0 Å². The Bertz CT molecular complexity index is 199. The van der Waals surface area contributed by atoms with Crippen LogP contribution in [-0.2, 0) is 9.53 Å². The van der Waals surface area contributed by atoms with E-state index in [9.17, 15) is 4.79 Å². The van der Waals surface area contributed by atoms with E-state index < -0.39 is 5.60 Å². The highest BCUT2D eigenvalue weighted by Gasteiger charge is 2.38. The van der Waals surface area contributed by atoms with Gasteiger partial charge in [-0.3, -0.25) is 4.79 Å². The first-order valence-corrected chi connectivity index (χ1v) is 4.80. The molecule has 1 amide bonds. The zero-order chi connectivity index (χ0) is 10.1. The summed E-state index contributed by atoms with van der Waals surface area (Å²) in [5.41, 5.74) is -0.765. The predicted octanol–water partition coefficient (Wildman–Crippen LogP) is 1.47. The Morgan fingerprint density at radius 3 is 2.46 bits per heavy atom. The molecule has 1 rings (SSSR count). The van der Waals surface area contributed by atoms with Gasteiger partial charge in [0.05, 0.1) is 0 Å². The molecule has 1 N–H and O–H groups in total. The van der Waals surface area contributed by atoms with Crippen LogP contribution in [0.15, 0.2) is 0 Å². The van der Waals surface area contributed by atoms with Crippen LogP contribution in [0.25, 0.3) is 0 Å². The van der Waals surface area contributed by atoms with E-state index in [1.807, 2.05) is 27.7 Å². The van der Waals surface area contributed by atoms with Crippen LogP contribution in [0.4, 0.5) is 0 Å². The van der Waals surface area contributed by atoms with Gasteiger partial charge in [0.15, 0.2) is 0 Å². The number of carbonyl (C=O) groups excluding carboxylic acids is 1. The van der Waals surface area contributed by atoms with Crippen molar-refractivity contribution in [1.82, 2.24) is 5.32 Å². The molecule has 0 bridgehead atoms. The average Bonchev–Trinajstić information content (AvgIpc) is 2.33. The van der Waals surface area contributed by atoms with Crippen molar-refractivity contribution >= 4 is 5.91 Å². The molecular formula is C10H19NO2. The third-order valence-corrected chi connectivity index (χ3v) is 2.19. The maximum absolute atomic E-state index is 11.7. The molecule has 3 heteroatoms. The standard InChI is InChI=1S/C10H19NO2/c1-9(2,3)11-8(12)10(4)6-5-7-13-10/h5-7H2,1-4H3,(H,11,12). The Hall–Kier alpha value is -0.570. The first-order chi connectivity index (χ1) is 5.83. The predicted molar refractivity (Wildman–Crippen MR) is 51.5 cm³/mol. The van der Waals surface area contributed by atoms with Gasteiger partial charge in [0.1, 0.15) is 5.60 Å². The summed E-state index contributed by atoms with van der Waals surface area (Å²) < 4.78 is 5.44. The zero-order valence-corrected chi connectivity index (χ0v) is 8.94. The molecule has 3 nitrogen and oxygen atoms in total. The molecule has 1 atom stereocenters. The molecular weight excluding hydrogens is 166 g/mol. The second-order valence-electron chi connectivity index (χ2n) is 4.89. The van der Waals surface area contributed by atoms with Crippen molar-refractivity contribution < 1.29 is 9.53 Å². The van der Waals surface area contributed by atoms with Gasteiger partial charge in [0, 0.05) is 12.1 Å². The highest BCUT2D eigenvalue weighted by molar-refractivity contribution is 5.85. The summed E-state index contributed by atoms with van der Waals surface area (Å²) in [4.78, 5) is 11.7. The first kappa shape index (κ1) is 10.5. The van der Waals surface area contributed by atoms with Crippen LogP contribution in [0.3, 0.4) is 0 Å². The van der Waals surface area contributed by atoms with Crippen molar-refractivity contribution in [2.75, 3.05) is 6.61 Å². The van der Waals surface area contributed by atoms with Gasteiger partial charge in [0.25, 0.3) is 5.91 Å². The molecule has 0 aromatic carbocycles. The van der Waals surface area contributed by atoms with Crippen molar-refractivity contribution in [3.8, 4) is 0 Å². The Balaban J connectivity index is 2.57. The lowest BCUT2D eigenvalue weighted by Crippen LogP contribution is -2.51. The molecule has 1 aliphatic rings. The highest BCUT2D eigenvalue weighted by Crippen LogP contribution is 2.25. The Labute approximate surface area is 79.8 Å². The van der Waals surface area contributed by atoms with E-state index in [4.69, 9.17) is 4.74 Å². The van der Waals surface area contributed by atoms with E-state index in [0.29, 0.717) is 6.61 Å². The molecule has 1 saturated heterocycles. The lowest BCUT2D eigenvalue weighted by molar-refractivity contribution is -0.141. The third kappa shape index (κ3) is 2.69. The molecule has 76 valence electrons. The average molecular weight is 185 g/mol. The number of carbonyl (C=O) groups is 1. The van der Waals surface area contributed by atoms with Gasteiger partial charge >= 0.3 is 0 Å². The minimum absolute atomic E-state index is 0.0116. The third-order valence-electron chi connectivity index (χ3n) is 2.19. The van der Waals surface area contributed by atoms with Gasteiger partial charge < -0.3 is 10.1 Å². The van der Waals surface area contributed by atoms with Crippen molar-refractivity contribution in [3.63, 3.8) is 0 Å². The van der Waals surface area contributed by atoms with Crippen molar-refractivity contribution in [2.24, 2.45) is 0 Å². The molecule has 1 heterocycles. The highest BCUT2D eigenvalue weighted by atomic mass is 16.5. The second kappa shape index (κ2) is 3.29. The van der Waals surface area contributed by atoms with E-state index in [2.05, 4.69) is 5.32 Å². The Morgan fingerprint density at radius 2 is 2.08 bits per heavy atom. The fraction of sp³-hybridized carbons (Fsp3) is 0.900. The zero-order valence-electron chi connectivity index (χ0n) is 8.94. The summed E-state index contributed by atoms with van der Waals surface area (Å²) in [5, 5.41) is 2.94. The molecule has 0 aliphatic carbocycles. The Kier molecular flexibility index (Phi) is 2.66. The van der Waals surface area contributed by atoms with Crippen LogP contribution in [0, 0.1) is 0 Å². The minimum atomic E-state index is -0.590. The number of amides is 1. The van der Waals surface area contributed by atoms with Crippen LogP contribution < -0.4 is 5.32 Å².